The molecule has 1 amide bonds. The van der Waals surface area contributed by atoms with Gasteiger partial charge in [-0.15, -0.1) is 0 Å². The van der Waals surface area contributed by atoms with Gasteiger partial charge in [0.1, 0.15) is 0 Å². The zero-order valence-electron chi connectivity index (χ0n) is 9.69. The minimum atomic E-state index is -0.0932. The fraction of sp³-hybridized carbons (Fsp3) is 0.462. The number of para-hydroxylation sites is 1. The van der Waals surface area contributed by atoms with E-state index in [0.29, 0.717) is 13.2 Å². The van der Waals surface area contributed by atoms with E-state index in [2.05, 4.69) is 5.32 Å². The van der Waals surface area contributed by atoms with E-state index >= 15 is 0 Å². The predicted octanol–water partition coefficient (Wildman–Crippen LogP) is 1.75. The molecular weight excluding hydrogens is 216 g/mol. The van der Waals surface area contributed by atoms with Gasteiger partial charge in [-0.1, -0.05) is 18.2 Å². The highest BCUT2D eigenvalue weighted by molar-refractivity contribution is 5.87. The summed E-state index contributed by atoms with van der Waals surface area (Å²) < 4.78 is 0. The normalized spacial score (nSPS) is 23.1. The molecule has 1 aromatic rings. The highest BCUT2D eigenvalue weighted by Gasteiger charge is 2.32. The van der Waals surface area contributed by atoms with Gasteiger partial charge in [0.05, 0.1) is 12.5 Å². The van der Waals surface area contributed by atoms with Crippen molar-refractivity contribution in [2.24, 2.45) is 0 Å². The molecule has 90 valence electrons. The maximum absolute atomic E-state index is 12.3. The molecule has 1 N–H and O–H groups in total. The lowest BCUT2D eigenvalue weighted by Gasteiger charge is -2.28. The van der Waals surface area contributed by atoms with Crippen LogP contribution in [0.5, 0.6) is 0 Å². The van der Waals surface area contributed by atoms with Crippen LogP contribution in [0.15, 0.2) is 24.3 Å². The molecule has 3 rings (SSSR count). The van der Waals surface area contributed by atoms with Gasteiger partial charge >= 0.3 is 0 Å². The van der Waals surface area contributed by atoms with Crippen LogP contribution < -0.4 is 5.32 Å². The molecule has 2 aliphatic heterocycles. The van der Waals surface area contributed by atoms with E-state index in [-0.39, 0.29) is 11.8 Å². The van der Waals surface area contributed by atoms with E-state index < -0.39 is 0 Å². The second-order valence-corrected chi connectivity index (χ2v) is 4.50. The molecule has 0 spiro atoms. The molecule has 2 heterocycles. The van der Waals surface area contributed by atoms with Crippen molar-refractivity contribution in [2.75, 3.05) is 25.0 Å². The van der Waals surface area contributed by atoms with Crippen LogP contribution in [-0.4, -0.2) is 30.7 Å². The number of hydroxylamine groups is 2. The zero-order chi connectivity index (χ0) is 11.7. The first-order valence-corrected chi connectivity index (χ1v) is 6.13. The van der Waals surface area contributed by atoms with E-state index in [0.717, 1.165) is 30.6 Å². The number of rotatable bonds is 1. The van der Waals surface area contributed by atoms with E-state index in [4.69, 9.17) is 4.84 Å². The van der Waals surface area contributed by atoms with Gasteiger partial charge in [0.25, 0.3) is 5.91 Å². The summed E-state index contributed by atoms with van der Waals surface area (Å²) in [7, 11) is 0. The molecule has 2 aliphatic rings. The quantitative estimate of drug-likeness (QED) is 0.802. The fourth-order valence-corrected chi connectivity index (χ4v) is 2.45. The average molecular weight is 232 g/mol. The largest absolute Gasteiger partial charge is 0.384 e. The van der Waals surface area contributed by atoms with E-state index in [9.17, 15) is 4.79 Å². The first kappa shape index (κ1) is 10.6. The van der Waals surface area contributed by atoms with Crippen LogP contribution in [-0.2, 0) is 9.63 Å². The molecule has 1 unspecified atom stereocenters. The summed E-state index contributed by atoms with van der Waals surface area (Å²) in [4.78, 5) is 17.7. The lowest BCUT2D eigenvalue weighted by molar-refractivity contribution is -0.198. The number of anilines is 1. The third-order valence-electron chi connectivity index (χ3n) is 3.38. The van der Waals surface area contributed by atoms with Crippen molar-refractivity contribution in [1.82, 2.24) is 5.06 Å². The second-order valence-electron chi connectivity index (χ2n) is 4.50. The second kappa shape index (κ2) is 4.37. The average Bonchev–Trinajstić information content (AvgIpc) is 2.83. The molecule has 17 heavy (non-hydrogen) atoms. The number of hydrogen-bond donors (Lipinski definition) is 1. The van der Waals surface area contributed by atoms with Crippen molar-refractivity contribution in [3.8, 4) is 0 Å². The van der Waals surface area contributed by atoms with Gasteiger partial charge in [0, 0.05) is 18.8 Å². The van der Waals surface area contributed by atoms with Crippen LogP contribution in [0, 0.1) is 0 Å². The minimum Gasteiger partial charge on any atom is -0.384 e. The predicted molar refractivity (Wildman–Crippen MR) is 64.6 cm³/mol. The van der Waals surface area contributed by atoms with Crippen LogP contribution in [0.1, 0.15) is 24.3 Å². The number of benzene rings is 1. The van der Waals surface area contributed by atoms with Gasteiger partial charge in [0.15, 0.2) is 0 Å². The number of amides is 1. The number of fused-ring (bicyclic) bond motifs is 1. The Morgan fingerprint density at radius 1 is 1.35 bits per heavy atom. The Morgan fingerprint density at radius 3 is 3.06 bits per heavy atom. The number of carbonyl (C=O) groups excluding carboxylic acids is 1. The summed E-state index contributed by atoms with van der Waals surface area (Å²) in [6.45, 7) is 2.06. The number of nitrogens with zero attached hydrogens (tertiary/aromatic N) is 1. The summed E-state index contributed by atoms with van der Waals surface area (Å²) in [5.74, 6) is -0.00792. The minimum absolute atomic E-state index is 0.0853. The fourth-order valence-electron chi connectivity index (χ4n) is 2.45. The molecule has 1 aromatic carbocycles. The summed E-state index contributed by atoms with van der Waals surface area (Å²) in [5.41, 5.74) is 2.16. The van der Waals surface area contributed by atoms with Crippen molar-refractivity contribution in [3.63, 3.8) is 0 Å². The first-order valence-electron chi connectivity index (χ1n) is 6.13. The standard InChI is InChI=1S/C13H16N2O2/c16-13(15-7-3-4-8-17-15)11-9-14-12-6-2-1-5-10(11)12/h1-2,5-6,11,14H,3-4,7-9H2. The van der Waals surface area contributed by atoms with Crippen LogP contribution in [0.3, 0.4) is 0 Å². The van der Waals surface area contributed by atoms with Crippen LogP contribution in [0.25, 0.3) is 0 Å². The van der Waals surface area contributed by atoms with Crippen molar-refractivity contribution in [1.29, 1.82) is 0 Å². The van der Waals surface area contributed by atoms with E-state index in [1.54, 1.807) is 0 Å². The van der Waals surface area contributed by atoms with Crippen LogP contribution in [0.2, 0.25) is 0 Å². The molecule has 0 radical (unpaired) electrons. The Labute approximate surface area is 101 Å². The van der Waals surface area contributed by atoms with Crippen molar-refractivity contribution in [2.45, 2.75) is 18.8 Å². The van der Waals surface area contributed by atoms with Crippen molar-refractivity contribution in [3.05, 3.63) is 29.8 Å². The van der Waals surface area contributed by atoms with E-state index in [1.807, 2.05) is 24.3 Å². The summed E-state index contributed by atoms with van der Waals surface area (Å²) in [6, 6.07) is 7.99. The lowest BCUT2D eigenvalue weighted by Crippen LogP contribution is -2.39. The van der Waals surface area contributed by atoms with Gasteiger partial charge in [0.2, 0.25) is 0 Å². The van der Waals surface area contributed by atoms with Crippen LogP contribution >= 0.6 is 0 Å². The summed E-state index contributed by atoms with van der Waals surface area (Å²) in [5, 5.41) is 4.81. The van der Waals surface area contributed by atoms with Gasteiger partial charge in [-0.2, -0.15) is 0 Å². The summed E-state index contributed by atoms with van der Waals surface area (Å²) in [6.07, 6.45) is 2.08. The third-order valence-corrected chi connectivity index (χ3v) is 3.38. The maximum atomic E-state index is 12.3. The SMILES string of the molecule is O=C(C1CNc2ccccc21)N1CCCCO1. The molecule has 1 fully saturated rings. The Hall–Kier alpha value is -1.55. The Kier molecular flexibility index (Phi) is 2.73. The molecule has 0 aliphatic carbocycles. The Bertz CT molecular complexity index is 427. The monoisotopic (exact) mass is 232 g/mol. The third kappa shape index (κ3) is 1.89. The highest BCUT2D eigenvalue weighted by atomic mass is 16.7. The Morgan fingerprint density at radius 2 is 2.24 bits per heavy atom. The maximum Gasteiger partial charge on any atom is 0.255 e. The first-order chi connectivity index (χ1) is 8.36. The Balaban J connectivity index is 1.79. The van der Waals surface area contributed by atoms with Gasteiger partial charge in [-0.05, 0) is 24.5 Å². The topological polar surface area (TPSA) is 41.6 Å². The van der Waals surface area contributed by atoms with Crippen molar-refractivity contribution >= 4 is 11.6 Å². The highest BCUT2D eigenvalue weighted by Crippen LogP contribution is 2.32. The molecule has 0 bridgehead atoms. The molecular formula is C13H16N2O2. The van der Waals surface area contributed by atoms with E-state index in [1.165, 1.54) is 5.06 Å². The number of nitrogens with one attached hydrogen (secondary N) is 1. The molecule has 0 aromatic heterocycles. The number of carbonyl (C=O) groups is 1. The summed E-state index contributed by atoms with van der Waals surface area (Å²) >= 11 is 0. The molecule has 1 saturated heterocycles. The molecule has 4 nitrogen and oxygen atoms in total. The number of hydrogen-bond acceptors (Lipinski definition) is 3. The van der Waals surface area contributed by atoms with Gasteiger partial charge < -0.3 is 5.32 Å². The van der Waals surface area contributed by atoms with Gasteiger partial charge in [-0.25, -0.2) is 5.06 Å². The van der Waals surface area contributed by atoms with Crippen LogP contribution in [0.4, 0.5) is 5.69 Å². The van der Waals surface area contributed by atoms with Gasteiger partial charge in [-0.3, -0.25) is 9.63 Å². The molecule has 1 atom stereocenters. The van der Waals surface area contributed by atoms with Crippen molar-refractivity contribution < 1.29 is 9.63 Å². The zero-order valence-corrected chi connectivity index (χ0v) is 9.69. The lowest BCUT2D eigenvalue weighted by atomic mass is 10.0. The molecule has 0 saturated carbocycles. The molecule has 4 heteroatoms. The smallest absolute Gasteiger partial charge is 0.255 e.